The van der Waals surface area contributed by atoms with E-state index < -0.39 is 17.6 Å². The smallest absolute Gasteiger partial charge is 0.314 e. The van der Waals surface area contributed by atoms with Crippen LogP contribution in [-0.4, -0.2) is 43.6 Å². The Balaban J connectivity index is 1.28. The van der Waals surface area contributed by atoms with Crippen molar-refractivity contribution in [1.29, 1.82) is 0 Å². The van der Waals surface area contributed by atoms with Crippen LogP contribution in [0.5, 0.6) is 23.0 Å². The van der Waals surface area contributed by atoms with Crippen molar-refractivity contribution >= 4 is 48.6 Å². The first kappa shape index (κ1) is 28.3. The summed E-state index contributed by atoms with van der Waals surface area (Å²) in [5, 5.41) is 9.72. The molecule has 2 heterocycles. The van der Waals surface area contributed by atoms with Crippen LogP contribution in [0.2, 0.25) is 0 Å². The lowest BCUT2D eigenvalue weighted by molar-refractivity contribution is -0.132. The van der Waals surface area contributed by atoms with Crippen molar-refractivity contribution in [1.82, 2.24) is 10.3 Å². The normalized spacial score (nSPS) is 13.4. The summed E-state index contributed by atoms with van der Waals surface area (Å²) < 4.78 is 32.6. The minimum atomic E-state index is -0.933. The summed E-state index contributed by atoms with van der Waals surface area (Å²) in [5.74, 6) is -0.665. The molecule has 0 radical (unpaired) electrons. The summed E-state index contributed by atoms with van der Waals surface area (Å²) in [6, 6.07) is 16.0. The highest BCUT2D eigenvalue weighted by molar-refractivity contribution is 7.27. The fourth-order valence-corrected chi connectivity index (χ4v) is 4.81. The number of carbonyl (C=O) groups is 2. The van der Waals surface area contributed by atoms with E-state index >= 15 is 4.39 Å². The van der Waals surface area contributed by atoms with Crippen LogP contribution in [0.4, 0.5) is 15.8 Å². The second-order valence-corrected chi connectivity index (χ2v) is 10.3. The number of pyridine rings is 1. The third kappa shape index (κ3) is 7.09. The van der Waals surface area contributed by atoms with Crippen LogP contribution in [0.1, 0.15) is 12.8 Å². The summed E-state index contributed by atoms with van der Waals surface area (Å²) in [7, 11) is 4.07. The Bertz CT molecular complexity index is 1580. The molecule has 41 heavy (non-hydrogen) atoms. The molecule has 0 saturated carbocycles. The van der Waals surface area contributed by atoms with Crippen molar-refractivity contribution in [3.8, 4) is 23.0 Å². The first-order valence-electron chi connectivity index (χ1n) is 13.1. The highest BCUT2D eigenvalue weighted by Crippen LogP contribution is 2.38. The first-order chi connectivity index (χ1) is 19.9. The van der Waals surface area contributed by atoms with Crippen LogP contribution < -0.4 is 35.5 Å². The molecule has 1 aromatic heterocycles. The van der Waals surface area contributed by atoms with Gasteiger partial charge in [0, 0.05) is 35.1 Å². The highest BCUT2D eigenvalue weighted by atomic mass is 31.0. The molecule has 0 spiro atoms. The molecule has 1 fully saturated rings. The second kappa shape index (κ2) is 12.9. The molecule has 1 saturated heterocycles. The molecule has 1 aliphatic heterocycles. The van der Waals surface area contributed by atoms with E-state index in [0.29, 0.717) is 46.4 Å². The van der Waals surface area contributed by atoms with Gasteiger partial charge in [0.25, 0.3) is 0 Å². The van der Waals surface area contributed by atoms with Gasteiger partial charge in [0.2, 0.25) is 0 Å². The van der Waals surface area contributed by atoms with E-state index in [1.54, 1.807) is 49.7 Å². The van der Waals surface area contributed by atoms with Gasteiger partial charge in [-0.25, -0.2) is 4.39 Å². The Morgan fingerprint density at radius 1 is 0.951 bits per heavy atom. The highest BCUT2D eigenvalue weighted by Gasteiger charge is 2.18. The molecule has 0 bridgehead atoms. The first-order valence-corrected chi connectivity index (χ1v) is 13.7. The van der Waals surface area contributed by atoms with Crippen LogP contribution in [0.3, 0.4) is 0 Å². The van der Waals surface area contributed by atoms with E-state index in [2.05, 4.69) is 30.2 Å². The number of halogens is 1. The van der Waals surface area contributed by atoms with Crippen LogP contribution in [-0.2, 0) is 9.59 Å². The summed E-state index contributed by atoms with van der Waals surface area (Å²) >= 11 is 0. The Morgan fingerprint density at radius 3 is 2.41 bits per heavy atom. The fraction of sp³-hybridized carbons (Fsp3) is 0.233. The topological polar surface area (TPSA) is 111 Å². The minimum Gasteiger partial charge on any atom is -0.493 e. The Labute approximate surface area is 239 Å². The molecule has 212 valence electrons. The molecule has 1 aliphatic rings. The summed E-state index contributed by atoms with van der Waals surface area (Å²) in [6.07, 6.45) is 3.68. The lowest BCUT2D eigenvalue weighted by Gasteiger charge is -2.23. The number of benzene rings is 3. The van der Waals surface area contributed by atoms with Crippen molar-refractivity contribution < 1.29 is 28.2 Å². The molecule has 9 nitrogen and oxygen atoms in total. The standard InChI is InChI=1S/C30H30FN4O5P/c1-38-27-15-22-24(16-28(27)39-17-18-7-10-32-11-8-18)33-12-9-25(22)40-26-6-5-20(14-23(26)31)35-30(37)29(36)34-19-3-2-4-21(41)13-19/h2-6,9,12-16,18,32H,7-8,10-11,17,41H2,1H3,(H,34,36)(H,35,37). The van der Waals surface area contributed by atoms with E-state index in [0.717, 1.165) is 37.3 Å². The van der Waals surface area contributed by atoms with Crippen LogP contribution >= 0.6 is 9.24 Å². The van der Waals surface area contributed by atoms with E-state index in [1.165, 1.54) is 12.1 Å². The average molecular weight is 577 g/mol. The maximum absolute atomic E-state index is 15.0. The number of hydrogen-bond donors (Lipinski definition) is 3. The number of carbonyl (C=O) groups excluding carboxylic acids is 2. The van der Waals surface area contributed by atoms with Gasteiger partial charge < -0.3 is 30.2 Å². The number of nitrogens with zero attached hydrogens (tertiary/aromatic N) is 1. The molecular formula is C30H30FN4O5P. The number of methoxy groups -OCH3 is 1. The van der Waals surface area contributed by atoms with Gasteiger partial charge in [-0.15, -0.1) is 9.24 Å². The van der Waals surface area contributed by atoms with Crippen molar-refractivity contribution in [3.05, 3.63) is 72.7 Å². The molecule has 2 amide bonds. The predicted octanol–water partition coefficient (Wildman–Crippen LogP) is 4.63. The molecule has 1 unspecified atom stereocenters. The average Bonchev–Trinajstić information content (AvgIpc) is 2.97. The maximum atomic E-state index is 15.0. The van der Waals surface area contributed by atoms with Crippen molar-refractivity contribution in [2.24, 2.45) is 5.92 Å². The zero-order valence-corrected chi connectivity index (χ0v) is 23.6. The lowest BCUT2D eigenvalue weighted by Crippen LogP contribution is -2.30. The second-order valence-electron chi connectivity index (χ2n) is 9.61. The van der Waals surface area contributed by atoms with Crippen LogP contribution in [0.25, 0.3) is 10.9 Å². The summed E-state index contributed by atoms with van der Waals surface area (Å²) in [4.78, 5) is 29.0. The molecule has 5 rings (SSSR count). The number of amides is 2. The van der Waals surface area contributed by atoms with Gasteiger partial charge in [-0.2, -0.15) is 0 Å². The Kier molecular flexibility index (Phi) is 8.91. The number of ether oxygens (including phenoxy) is 3. The third-order valence-electron chi connectivity index (χ3n) is 6.68. The van der Waals surface area contributed by atoms with E-state index in [4.69, 9.17) is 14.2 Å². The summed E-state index contributed by atoms with van der Waals surface area (Å²) in [6.45, 7) is 2.55. The molecule has 3 N–H and O–H groups in total. The molecule has 4 aromatic rings. The number of piperidine rings is 1. The fourth-order valence-electron chi connectivity index (χ4n) is 4.52. The number of aromatic nitrogens is 1. The predicted molar refractivity (Wildman–Crippen MR) is 159 cm³/mol. The van der Waals surface area contributed by atoms with Crippen molar-refractivity contribution in [2.45, 2.75) is 12.8 Å². The summed E-state index contributed by atoms with van der Waals surface area (Å²) in [5.41, 5.74) is 1.17. The number of anilines is 2. The van der Waals surface area contributed by atoms with E-state index in [9.17, 15) is 9.59 Å². The Morgan fingerprint density at radius 2 is 1.71 bits per heavy atom. The van der Waals surface area contributed by atoms with E-state index in [-0.39, 0.29) is 11.4 Å². The van der Waals surface area contributed by atoms with Crippen molar-refractivity contribution in [3.63, 3.8) is 0 Å². The van der Waals surface area contributed by atoms with Gasteiger partial charge in [0.1, 0.15) is 5.75 Å². The number of rotatable bonds is 8. The van der Waals surface area contributed by atoms with Gasteiger partial charge in [0.05, 0.1) is 19.2 Å². The number of hydrogen-bond acceptors (Lipinski definition) is 7. The molecule has 3 aromatic carbocycles. The lowest BCUT2D eigenvalue weighted by atomic mass is 9.99. The maximum Gasteiger partial charge on any atom is 0.314 e. The van der Waals surface area contributed by atoms with Crippen LogP contribution in [0.15, 0.2) is 66.9 Å². The van der Waals surface area contributed by atoms with Crippen molar-refractivity contribution in [2.75, 3.05) is 37.4 Å². The number of fused-ring (bicyclic) bond motifs is 1. The van der Waals surface area contributed by atoms with Gasteiger partial charge in [0.15, 0.2) is 23.1 Å². The Hall–Kier alpha value is -4.27. The van der Waals surface area contributed by atoms with Gasteiger partial charge in [-0.05, 0) is 73.6 Å². The molecule has 11 heteroatoms. The minimum absolute atomic E-state index is 0.0672. The van der Waals surface area contributed by atoms with Crippen LogP contribution in [0, 0.1) is 11.7 Å². The molecular weight excluding hydrogens is 546 g/mol. The van der Waals surface area contributed by atoms with Gasteiger partial charge >= 0.3 is 11.8 Å². The monoisotopic (exact) mass is 576 g/mol. The van der Waals surface area contributed by atoms with E-state index in [1.807, 2.05) is 6.07 Å². The third-order valence-corrected chi connectivity index (χ3v) is 7.04. The zero-order valence-electron chi connectivity index (χ0n) is 22.4. The van der Waals surface area contributed by atoms with Gasteiger partial charge in [-0.3, -0.25) is 14.6 Å². The SMILES string of the molecule is COc1cc2c(Oc3ccc(NC(=O)C(=O)Nc4cccc(P)c4)cc3F)ccnc2cc1OCC1CCNCC1. The van der Waals surface area contributed by atoms with Gasteiger partial charge in [-0.1, -0.05) is 12.1 Å². The zero-order chi connectivity index (χ0) is 28.8. The molecule has 1 atom stereocenters. The largest absolute Gasteiger partial charge is 0.493 e. The number of nitrogens with one attached hydrogen (secondary N) is 3. The molecule has 0 aliphatic carbocycles. The quantitative estimate of drug-likeness (QED) is 0.207.